The minimum absolute atomic E-state index is 0.406. The molecule has 2 atom stereocenters. The molecular formula is C7H15NO. The van der Waals surface area contributed by atoms with Crippen LogP contribution in [0.5, 0.6) is 0 Å². The molecule has 1 aliphatic rings. The summed E-state index contributed by atoms with van der Waals surface area (Å²) in [6, 6.07) is 0.582. The highest BCUT2D eigenvalue weighted by Gasteiger charge is 2.21. The van der Waals surface area contributed by atoms with Crippen molar-refractivity contribution in [2.45, 2.75) is 26.0 Å². The van der Waals surface area contributed by atoms with Crippen molar-refractivity contribution in [3.05, 3.63) is 0 Å². The lowest BCUT2D eigenvalue weighted by atomic mass is 10.1. The molecule has 9 heavy (non-hydrogen) atoms. The number of nitrogens with zero attached hydrogens (tertiary/aromatic N) is 1. The Bertz CT molecular complexity index is 84.9. The molecule has 2 heteroatoms. The molecule has 0 aromatic carbocycles. The zero-order valence-corrected chi connectivity index (χ0v) is 6.42. The predicted molar refractivity (Wildman–Crippen MR) is 37.5 cm³/mol. The van der Waals surface area contributed by atoms with E-state index in [1.54, 1.807) is 0 Å². The Kier molecular flexibility index (Phi) is 2.09. The smallest absolute Gasteiger partial charge is 0.0699 e. The van der Waals surface area contributed by atoms with E-state index in [0.29, 0.717) is 12.1 Å². The Morgan fingerprint density at radius 3 is 2.56 bits per heavy atom. The normalized spacial score (nSPS) is 39.0. The molecule has 2 nitrogen and oxygen atoms in total. The minimum Gasteiger partial charge on any atom is -0.376 e. The minimum atomic E-state index is 0.406. The summed E-state index contributed by atoms with van der Waals surface area (Å²) in [6.45, 7) is 6.29. The van der Waals surface area contributed by atoms with Crippen molar-refractivity contribution in [3.63, 3.8) is 0 Å². The van der Waals surface area contributed by atoms with Crippen molar-refractivity contribution in [2.75, 3.05) is 20.2 Å². The highest BCUT2D eigenvalue weighted by molar-refractivity contribution is 4.73. The van der Waals surface area contributed by atoms with E-state index in [0.717, 1.165) is 13.2 Å². The maximum absolute atomic E-state index is 5.42. The Morgan fingerprint density at radius 2 is 2.11 bits per heavy atom. The van der Waals surface area contributed by atoms with Gasteiger partial charge in [0.25, 0.3) is 0 Å². The summed E-state index contributed by atoms with van der Waals surface area (Å²) in [4.78, 5) is 2.33. The van der Waals surface area contributed by atoms with E-state index in [-0.39, 0.29) is 0 Å². The molecule has 0 aromatic rings. The second-order valence-electron chi connectivity index (χ2n) is 2.80. The van der Waals surface area contributed by atoms with Crippen LogP contribution < -0.4 is 0 Å². The number of rotatable bonds is 0. The van der Waals surface area contributed by atoms with E-state index in [2.05, 4.69) is 25.8 Å². The van der Waals surface area contributed by atoms with Crippen molar-refractivity contribution >= 4 is 0 Å². The average Bonchev–Trinajstić information content (AvgIpc) is 1.83. The van der Waals surface area contributed by atoms with Gasteiger partial charge in [-0.25, -0.2) is 0 Å². The third kappa shape index (κ3) is 1.43. The second-order valence-corrected chi connectivity index (χ2v) is 2.80. The highest BCUT2D eigenvalue weighted by atomic mass is 16.5. The number of likely N-dealkylation sites (N-methyl/N-ethyl adjacent to an activating group) is 1. The summed E-state index contributed by atoms with van der Waals surface area (Å²) >= 11 is 0. The summed E-state index contributed by atoms with van der Waals surface area (Å²) in [7, 11) is 2.14. The van der Waals surface area contributed by atoms with Crippen LogP contribution >= 0.6 is 0 Å². The quantitative estimate of drug-likeness (QED) is 0.478. The first-order valence-corrected chi connectivity index (χ1v) is 3.53. The van der Waals surface area contributed by atoms with Gasteiger partial charge in [-0.3, -0.25) is 4.90 Å². The molecule has 1 fully saturated rings. The Labute approximate surface area is 56.8 Å². The fourth-order valence-corrected chi connectivity index (χ4v) is 1.08. The van der Waals surface area contributed by atoms with Gasteiger partial charge in [0, 0.05) is 12.6 Å². The first-order chi connectivity index (χ1) is 4.22. The van der Waals surface area contributed by atoms with Crippen LogP contribution in [0.3, 0.4) is 0 Å². The van der Waals surface area contributed by atoms with Gasteiger partial charge < -0.3 is 4.74 Å². The van der Waals surface area contributed by atoms with E-state index in [9.17, 15) is 0 Å². The molecule has 1 rings (SSSR count). The first-order valence-electron chi connectivity index (χ1n) is 3.53. The Morgan fingerprint density at radius 1 is 1.44 bits per heavy atom. The molecule has 0 amide bonds. The fourth-order valence-electron chi connectivity index (χ4n) is 1.08. The molecule has 0 aliphatic carbocycles. The molecule has 0 bridgehead atoms. The Hall–Kier alpha value is -0.0800. The summed E-state index contributed by atoms with van der Waals surface area (Å²) < 4.78 is 5.42. The lowest BCUT2D eigenvalue weighted by molar-refractivity contribution is -0.0448. The molecule has 0 radical (unpaired) electrons. The van der Waals surface area contributed by atoms with Crippen molar-refractivity contribution in [3.8, 4) is 0 Å². The van der Waals surface area contributed by atoms with Crippen LogP contribution in [0.4, 0.5) is 0 Å². The molecule has 0 spiro atoms. The summed E-state index contributed by atoms with van der Waals surface area (Å²) in [5, 5.41) is 0. The van der Waals surface area contributed by atoms with Gasteiger partial charge in [0.1, 0.15) is 0 Å². The maximum Gasteiger partial charge on any atom is 0.0699 e. The molecular weight excluding hydrogens is 114 g/mol. The van der Waals surface area contributed by atoms with E-state index in [1.165, 1.54) is 0 Å². The molecule has 0 saturated carbocycles. The lowest BCUT2D eigenvalue weighted by Crippen LogP contribution is -2.45. The standard InChI is InChI=1S/C7H15NO/c1-6-7(2)9-5-4-8(6)3/h6-7H,4-5H2,1-3H3/t6?,7-/m1/s1. The zero-order chi connectivity index (χ0) is 6.85. The summed E-state index contributed by atoms with van der Waals surface area (Å²) in [6.07, 6.45) is 0.406. The van der Waals surface area contributed by atoms with E-state index in [4.69, 9.17) is 4.74 Å². The zero-order valence-electron chi connectivity index (χ0n) is 6.42. The number of morpholine rings is 1. The van der Waals surface area contributed by atoms with Crippen LogP contribution in [0.2, 0.25) is 0 Å². The van der Waals surface area contributed by atoms with Gasteiger partial charge in [0.2, 0.25) is 0 Å². The molecule has 1 saturated heterocycles. The van der Waals surface area contributed by atoms with Crippen LogP contribution in [-0.2, 0) is 4.74 Å². The van der Waals surface area contributed by atoms with E-state index in [1.807, 2.05) is 0 Å². The van der Waals surface area contributed by atoms with Crippen molar-refractivity contribution in [1.29, 1.82) is 0 Å². The van der Waals surface area contributed by atoms with Crippen LogP contribution in [0.1, 0.15) is 13.8 Å². The molecule has 1 aliphatic heterocycles. The van der Waals surface area contributed by atoms with Gasteiger partial charge in [0.05, 0.1) is 12.7 Å². The maximum atomic E-state index is 5.42. The third-order valence-electron chi connectivity index (χ3n) is 2.20. The molecule has 54 valence electrons. The number of hydrogen-bond donors (Lipinski definition) is 0. The van der Waals surface area contributed by atoms with Crippen LogP contribution in [0.25, 0.3) is 0 Å². The molecule has 1 unspecified atom stereocenters. The van der Waals surface area contributed by atoms with E-state index < -0.39 is 0 Å². The van der Waals surface area contributed by atoms with Crippen LogP contribution in [-0.4, -0.2) is 37.2 Å². The van der Waals surface area contributed by atoms with Gasteiger partial charge in [0.15, 0.2) is 0 Å². The molecule has 0 N–H and O–H groups in total. The Balaban J connectivity index is 2.41. The topological polar surface area (TPSA) is 12.5 Å². The van der Waals surface area contributed by atoms with Crippen molar-refractivity contribution < 1.29 is 4.74 Å². The van der Waals surface area contributed by atoms with Gasteiger partial charge in [-0.15, -0.1) is 0 Å². The SMILES string of the molecule is CC1[C@@H](C)OCCN1C. The van der Waals surface area contributed by atoms with Crippen molar-refractivity contribution in [2.24, 2.45) is 0 Å². The number of ether oxygens (including phenoxy) is 1. The van der Waals surface area contributed by atoms with Crippen LogP contribution in [0.15, 0.2) is 0 Å². The molecule has 0 aromatic heterocycles. The predicted octanol–water partition coefficient (Wildman–Crippen LogP) is 0.725. The monoisotopic (exact) mass is 129 g/mol. The van der Waals surface area contributed by atoms with Gasteiger partial charge >= 0.3 is 0 Å². The third-order valence-corrected chi connectivity index (χ3v) is 2.20. The van der Waals surface area contributed by atoms with E-state index >= 15 is 0 Å². The fraction of sp³-hybridized carbons (Fsp3) is 1.00. The largest absolute Gasteiger partial charge is 0.376 e. The summed E-state index contributed by atoms with van der Waals surface area (Å²) in [5.41, 5.74) is 0. The highest BCUT2D eigenvalue weighted by Crippen LogP contribution is 2.09. The first kappa shape index (κ1) is 7.03. The number of hydrogen-bond acceptors (Lipinski definition) is 2. The average molecular weight is 129 g/mol. The second kappa shape index (κ2) is 2.67. The van der Waals surface area contributed by atoms with Crippen molar-refractivity contribution in [1.82, 2.24) is 4.90 Å². The van der Waals surface area contributed by atoms with Gasteiger partial charge in [-0.2, -0.15) is 0 Å². The lowest BCUT2D eigenvalue weighted by Gasteiger charge is -2.34. The molecule has 1 heterocycles. The van der Waals surface area contributed by atoms with Crippen LogP contribution in [0, 0.1) is 0 Å². The summed E-state index contributed by atoms with van der Waals surface area (Å²) in [5.74, 6) is 0. The van der Waals surface area contributed by atoms with Gasteiger partial charge in [-0.1, -0.05) is 0 Å². The van der Waals surface area contributed by atoms with Gasteiger partial charge in [-0.05, 0) is 20.9 Å².